The van der Waals surface area contributed by atoms with E-state index in [4.69, 9.17) is 10.5 Å². The van der Waals surface area contributed by atoms with Crippen LogP contribution >= 0.6 is 0 Å². The monoisotopic (exact) mass is 505 g/mol. The second-order valence-electron chi connectivity index (χ2n) is 9.03. The van der Waals surface area contributed by atoms with Gasteiger partial charge in [0.05, 0.1) is 6.33 Å². The summed E-state index contributed by atoms with van der Waals surface area (Å²) >= 11 is 0. The number of amides is 3. The number of aromatic nitrogens is 2. The normalized spacial score (nSPS) is 12.4. The smallest absolute Gasteiger partial charge is 0.242 e. The van der Waals surface area contributed by atoms with E-state index in [2.05, 4.69) is 15.6 Å². The third kappa shape index (κ3) is 9.79. The number of nitrogens with one attached hydrogen (secondary N) is 2. The Balaban J connectivity index is 1.56. The topological polar surface area (TPSA) is 128 Å². The first-order valence-electron chi connectivity index (χ1n) is 12.5. The van der Waals surface area contributed by atoms with Gasteiger partial charge in [-0.1, -0.05) is 49.4 Å². The lowest BCUT2D eigenvalue weighted by Gasteiger charge is -2.19. The predicted octanol–water partition coefficient (Wildman–Crippen LogP) is 2.60. The summed E-state index contributed by atoms with van der Waals surface area (Å²) in [6.07, 6.45) is 6.79. The molecule has 3 amide bonds. The lowest BCUT2D eigenvalue weighted by atomic mass is 10.0. The summed E-state index contributed by atoms with van der Waals surface area (Å²) in [6.45, 7) is 3.34. The summed E-state index contributed by atoms with van der Waals surface area (Å²) in [5.41, 5.74) is 7.25. The van der Waals surface area contributed by atoms with E-state index in [1.165, 1.54) is 0 Å². The Morgan fingerprint density at radius 2 is 1.81 bits per heavy atom. The maximum absolute atomic E-state index is 13.0. The number of imidazole rings is 1. The van der Waals surface area contributed by atoms with Gasteiger partial charge in [-0.3, -0.25) is 14.4 Å². The molecule has 3 rings (SSSR count). The van der Waals surface area contributed by atoms with Crippen LogP contribution in [0.15, 0.2) is 73.3 Å². The summed E-state index contributed by atoms with van der Waals surface area (Å²) in [7, 11) is 0. The fourth-order valence-electron chi connectivity index (χ4n) is 3.68. The summed E-state index contributed by atoms with van der Waals surface area (Å²) < 4.78 is 7.78. The molecular formula is C28H35N5O4. The van der Waals surface area contributed by atoms with Gasteiger partial charge in [-0.25, -0.2) is 4.98 Å². The van der Waals surface area contributed by atoms with Crippen molar-refractivity contribution in [2.45, 2.75) is 51.8 Å². The number of nitrogens with zero attached hydrogens (tertiary/aromatic N) is 2. The van der Waals surface area contributed by atoms with Crippen molar-refractivity contribution in [3.63, 3.8) is 0 Å². The zero-order valence-electron chi connectivity index (χ0n) is 21.1. The van der Waals surface area contributed by atoms with Crippen LogP contribution in [-0.4, -0.2) is 39.9 Å². The minimum Gasteiger partial charge on any atom is -0.489 e. The van der Waals surface area contributed by atoms with Crippen molar-refractivity contribution in [3.8, 4) is 5.75 Å². The molecule has 0 fully saturated rings. The average Bonchev–Trinajstić information content (AvgIpc) is 3.43. The quantitative estimate of drug-likeness (QED) is 0.274. The molecule has 0 saturated carbocycles. The minimum atomic E-state index is -0.749. The van der Waals surface area contributed by atoms with Crippen LogP contribution in [0.4, 0.5) is 0 Å². The first-order chi connectivity index (χ1) is 17.9. The predicted molar refractivity (Wildman–Crippen MR) is 140 cm³/mol. The standard InChI is InChI=1S/C28H35N5O4/c1-21(27(29)35)8-13-26(34)32-25(28(36)31-14-5-16-33-17-15-30-20-33)18-22-9-11-24(12-10-22)37-19-23-6-3-2-4-7-23/h2-4,6-7,9-12,15,17,20-21,25H,5,8,13-14,16,18-19H2,1H3,(H2,29,35)(H,31,36)(H,32,34). The van der Waals surface area contributed by atoms with Crippen LogP contribution < -0.4 is 21.1 Å². The fourth-order valence-corrected chi connectivity index (χ4v) is 3.68. The second-order valence-corrected chi connectivity index (χ2v) is 9.03. The second kappa shape index (κ2) is 14.4. The van der Waals surface area contributed by atoms with E-state index in [-0.39, 0.29) is 18.2 Å². The van der Waals surface area contributed by atoms with Crippen LogP contribution in [0.1, 0.15) is 37.3 Å². The van der Waals surface area contributed by atoms with Gasteiger partial charge in [0.25, 0.3) is 0 Å². The summed E-state index contributed by atoms with van der Waals surface area (Å²) in [5, 5.41) is 5.74. The van der Waals surface area contributed by atoms with Gasteiger partial charge < -0.3 is 25.7 Å². The Hall–Kier alpha value is -4.14. The molecule has 2 aromatic carbocycles. The van der Waals surface area contributed by atoms with Gasteiger partial charge in [-0.15, -0.1) is 0 Å². The zero-order valence-corrected chi connectivity index (χ0v) is 21.1. The number of hydrogen-bond acceptors (Lipinski definition) is 5. The third-order valence-electron chi connectivity index (χ3n) is 6.00. The molecule has 9 nitrogen and oxygen atoms in total. The van der Waals surface area contributed by atoms with Crippen molar-refractivity contribution in [3.05, 3.63) is 84.4 Å². The molecule has 0 radical (unpaired) electrons. The van der Waals surface area contributed by atoms with E-state index < -0.39 is 17.9 Å². The van der Waals surface area contributed by atoms with E-state index in [0.29, 0.717) is 26.0 Å². The van der Waals surface area contributed by atoms with Gasteiger partial charge in [-0.2, -0.15) is 0 Å². The number of primary amides is 1. The zero-order chi connectivity index (χ0) is 26.5. The maximum atomic E-state index is 13.0. The van der Waals surface area contributed by atoms with Gasteiger partial charge in [0, 0.05) is 44.2 Å². The molecule has 1 heterocycles. The van der Waals surface area contributed by atoms with Crippen molar-refractivity contribution >= 4 is 17.7 Å². The Morgan fingerprint density at radius 3 is 2.49 bits per heavy atom. The molecule has 1 aromatic heterocycles. The van der Waals surface area contributed by atoms with Crippen LogP contribution in [0.2, 0.25) is 0 Å². The van der Waals surface area contributed by atoms with Gasteiger partial charge in [0.15, 0.2) is 0 Å². The molecule has 2 atom stereocenters. The number of ether oxygens (including phenoxy) is 1. The number of benzene rings is 2. The molecular weight excluding hydrogens is 470 g/mol. The number of carbonyl (C=O) groups is 3. The van der Waals surface area contributed by atoms with Gasteiger partial charge in [-0.05, 0) is 36.1 Å². The largest absolute Gasteiger partial charge is 0.489 e. The molecule has 0 bridgehead atoms. The first-order valence-corrected chi connectivity index (χ1v) is 12.5. The Kier molecular flexibility index (Phi) is 10.7. The number of carbonyl (C=O) groups excluding carboxylic acids is 3. The highest BCUT2D eigenvalue weighted by Gasteiger charge is 2.22. The first kappa shape index (κ1) is 27.4. The van der Waals surface area contributed by atoms with E-state index in [1.807, 2.05) is 65.4 Å². The van der Waals surface area contributed by atoms with E-state index in [1.54, 1.807) is 19.4 Å². The summed E-state index contributed by atoms with van der Waals surface area (Å²) in [5.74, 6) is -0.697. The van der Waals surface area contributed by atoms with Crippen molar-refractivity contribution in [1.29, 1.82) is 0 Å². The third-order valence-corrected chi connectivity index (χ3v) is 6.00. The molecule has 2 unspecified atom stereocenters. The van der Waals surface area contributed by atoms with Crippen LogP contribution in [0.3, 0.4) is 0 Å². The summed E-state index contributed by atoms with van der Waals surface area (Å²) in [6, 6.07) is 16.6. The lowest BCUT2D eigenvalue weighted by molar-refractivity contribution is -0.129. The highest BCUT2D eigenvalue weighted by molar-refractivity contribution is 5.88. The molecule has 3 aromatic rings. The Bertz CT molecular complexity index is 1120. The van der Waals surface area contributed by atoms with E-state index in [9.17, 15) is 14.4 Å². The SMILES string of the molecule is CC(CCC(=O)NC(Cc1ccc(OCc2ccccc2)cc1)C(=O)NCCCn1ccnc1)C(N)=O. The van der Waals surface area contributed by atoms with Crippen LogP contribution in [0, 0.1) is 5.92 Å². The summed E-state index contributed by atoms with van der Waals surface area (Å²) in [4.78, 5) is 40.8. The maximum Gasteiger partial charge on any atom is 0.242 e. The molecule has 0 aliphatic rings. The number of hydrogen-bond donors (Lipinski definition) is 3. The molecule has 37 heavy (non-hydrogen) atoms. The van der Waals surface area contributed by atoms with Crippen molar-refractivity contribution in [2.24, 2.45) is 11.7 Å². The van der Waals surface area contributed by atoms with Crippen molar-refractivity contribution in [2.75, 3.05) is 6.54 Å². The van der Waals surface area contributed by atoms with Crippen LogP contribution in [-0.2, 0) is 34.0 Å². The fraction of sp³-hybridized carbons (Fsp3) is 0.357. The molecule has 0 aliphatic heterocycles. The number of nitrogens with two attached hydrogens (primary N) is 1. The Morgan fingerprint density at radius 1 is 1.05 bits per heavy atom. The lowest BCUT2D eigenvalue weighted by Crippen LogP contribution is -2.48. The van der Waals surface area contributed by atoms with Gasteiger partial charge in [0.2, 0.25) is 17.7 Å². The molecule has 0 aliphatic carbocycles. The van der Waals surface area contributed by atoms with Crippen LogP contribution in [0.25, 0.3) is 0 Å². The number of aryl methyl sites for hydroxylation is 1. The van der Waals surface area contributed by atoms with E-state index in [0.717, 1.165) is 29.8 Å². The minimum absolute atomic E-state index is 0.112. The molecule has 196 valence electrons. The van der Waals surface area contributed by atoms with Crippen molar-refractivity contribution < 1.29 is 19.1 Å². The number of rotatable bonds is 15. The average molecular weight is 506 g/mol. The molecule has 0 spiro atoms. The Labute approximate surface area is 217 Å². The van der Waals surface area contributed by atoms with Gasteiger partial charge >= 0.3 is 0 Å². The molecule has 4 N–H and O–H groups in total. The highest BCUT2D eigenvalue weighted by Crippen LogP contribution is 2.16. The molecule has 0 saturated heterocycles. The van der Waals surface area contributed by atoms with Crippen LogP contribution in [0.5, 0.6) is 5.75 Å². The van der Waals surface area contributed by atoms with E-state index >= 15 is 0 Å². The molecule has 9 heteroatoms. The van der Waals surface area contributed by atoms with Gasteiger partial charge in [0.1, 0.15) is 18.4 Å². The van der Waals surface area contributed by atoms with Crippen molar-refractivity contribution in [1.82, 2.24) is 20.2 Å². The highest BCUT2D eigenvalue weighted by atomic mass is 16.5.